The minimum absolute atomic E-state index is 0.299. The fourth-order valence-corrected chi connectivity index (χ4v) is 0.109. The van der Waals surface area contributed by atoms with Crippen LogP contribution in [0.3, 0.4) is 0 Å². The molecule has 0 aliphatic heterocycles. The lowest BCUT2D eigenvalue weighted by atomic mass is 10.8. The third-order valence-corrected chi connectivity index (χ3v) is 0.708. The SMILES string of the molecule is COC(C)OCl. The van der Waals surface area contributed by atoms with Crippen LogP contribution in [0, 0.1) is 0 Å². The Morgan fingerprint density at radius 3 is 2.17 bits per heavy atom. The zero-order valence-electron chi connectivity index (χ0n) is 3.77. The van der Waals surface area contributed by atoms with Gasteiger partial charge in [0.15, 0.2) is 6.29 Å². The van der Waals surface area contributed by atoms with Crippen LogP contribution >= 0.6 is 11.9 Å². The fraction of sp³-hybridized carbons (Fsp3) is 1.00. The molecule has 0 saturated carbocycles. The highest BCUT2D eigenvalue weighted by molar-refractivity contribution is 6.07. The van der Waals surface area contributed by atoms with E-state index in [0.717, 1.165) is 0 Å². The van der Waals surface area contributed by atoms with Gasteiger partial charge in [0.25, 0.3) is 0 Å². The molecule has 0 radical (unpaired) electrons. The van der Waals surface area contributed by atoms with Crippen LogP contribution in [0.15, 0.2) is 0 Å². The number of halogens is 1. The Morgan fingerprint density at radius 1 is 1.67 bits per heavy atom. The van der Waals surface area contributed by atoms with Crippen molar-refractivity contribution in [1.82, 2.24) is 0 Å². The molecule has 0 aliphatic rings. The first-order valence-corrected chi connectivity index (χ1v) is 1.92. The lowest BCUT2D eigenvalue weighted by molar-refractivity contribution is -0.0326. The van der Waals surface area contributed by atoms with E-state index in [-0.39, 0.29) is 6.29 Å². The molecule has 0 spiro atoms. The Morgan fingerprint density at radius 2 is 2.17 bits per heavy atom. The third kappa shape index (κ3) is 2.45. The third-order valence-electron chi connectivity index (χ3n) is 0.457. The highest BCUT2D eigenvalue weighted by atomic mass is 35.5. The zero-order chi connectivity index (χ0) is 4.99. The predicted molar refractivity (Wildman–Crippen MR) is 23.4 cm³/mol. The van der Waals surface area contributed by atoms with Gasteiger partial charge in [-0.25, -0.2) is 4.29 Å². The average Bonchev–Trinajstić information content (AvgIpc) is 1.65. The van der Waals surface area contributed by atoms with E-state index in [2.05, 4.69) is 9.03 Å². The molecule has 1 atom stereocenters. The van der Waals surface area contributed by atoms with Crippen LogP contribution in [-0.2, 0) is 9.03 Å². The molecule has 0 N–H and O–H groups in total. The van der Waals surface area contributed by atoms with Gasteiger partial charge in [0.2, 0.25) is 0 Å². The van der Waals surface area contributed by atoms with Gasteiger partial charge in [-0.05, 0) is 6.92 Å². The molecular weight excluding hydrogens is 103 g/mol. The summed E-state index contributed by atoms with van der Waals surface area (Å²) in [5, 5.41) is 0. The molecule has 6 heavy (non-hydrogen) atoms. The maximum Gasteiger partial charge on any atom is 0.174 e. The van der Waals surface area contributed by atoms with E-state index < -0.39 is 0 Å². The Labute approximate surface area is 42.2 Å². The van der Waals surface area contributed by atoms with E-state index in [1.165, 1.54) is 7.11 Å². The van der Waals surface area contributed by atoms with E-state index in [4.69, 9.17) is 11.9 Å². The Hall–Kier alpha value is 0.210. The maximum absolute atomic E-state index is 4.83. The molecule has 38 valence electrons. The van der Waals surface area contributed by atoms with Crippen molar-refractivity contribution in [3.8, 4) is 0 Å². The highest BCUT2D eigenvalue weighted by Gasteiger charge is 1.90. The minimum Gasteiger partial charge on any atom is -0.355 e. The highest BCUT2D eigenvalue weighted by Crippen LogP contribution is 1.91. The molecule has 3 heteroatoms. The monoisotopic (exact) mass is 110 g/mol. The second kappa shape index (κ2) is 3.40. The summed E-state index contributed by atoms with van der Waals surface area (Å²) in [6.45, 7) is 1.70. The van der Waals surface area contributed by atoms with Crippen molar-refractivity contribution in [1.29, 1.82) is 0 Å². The summed E-state index contributed by atoms with van der Waals surface area (Å²) >= 11 is 4.83. The normalized spacial score (nSPS) is 14.5. The lowest BCUT2D eigenvalue weighted by Crippen LogP contribution is -2.02. The van der Waals surface area contributed by atoms with Crippen molar-refractivity contribution >= 4 is 11.9 Å². The Kier molecular flexibility index (Phi) is 3.52. The van der Waals surface area contributed by atoms with Crippen LogP contribution in [0.5, 0.6) is 0 Å². The standard InChI is InChI=1S/C3H7ClO2/c1-3(5-2)6-4/h3H,1-2H3. The van der Waals surface area contributed by atoms with Crippen molar-refractivity contribution in [2.24, 2.45) is 0 Å². The summed E-state index contributed by atoms with van der Waals surface area (Å²) in [6.07, 6.45) is -0.299. The van der Waals surface area contributed by atoms with Gasteiger partial charge in [-0.1, -0.05) is 0 Å². The zero-order valence-corrected chi connectivity index (χ0v) is 4.53. The molecule has 0 aromatic rings. The van der Waals surface area contributed by atoms with Gasteiger partial charge in [0.05, 0.1) is 11.9 Å². The molecule has 0 heterocycles. The van der Waals surface area contributed by atoms with Gasteiger partial charge in [0, 0.05) is 7.11 Å². The molecular formula is C3H7ClO2. The number of rotatable bonds is 2. The van der Waals surface area contributed by atoms with Crippen molar-refractivity contribution in [2.75, 3.05) is 7.11 Å². The van der Waals surface area contributed by atoms with Gasteiger partial charge in [-0.15, -0.1) is 0 Å². The number of hydrogen-bond donors (Lipinski definition) is 0. The first kappa shape index (κ1) is 6.21. The fourth-order valence-electron chi connectivity index (χ4n) is 0.0364. The molecule has 0 saturated heterocycles. The van der Waals surface area contributed by atoms with Gasteiger partial charge >= 0.3 is 0 Å². The summed E-state index contributed by atoms with van der Waals surface area (Å²) in [6, 6.07) is 0. The van der Waals surface area contributed by atoms with Crippen LogP contribution in [0.25, 0.3) is 0 Å². The maximum atomic E-state index is 4.83. The Bertz CT molecular complexity index is 28.0. The van der Waals surface area contributed by atoms with E-state index in [1.807, 2.05) is 0 Å². The molecule has 0 aromatic carbocycles. The summed E-state index contributed by atoms with van der Waals surface area (Å²) in [4.78, 5) is 0. The van der Waals surface area contributed by atoms with E-state index in [9.17, 15) is 0 Å². The number of ether oxygens (including phenoxy) is 1. The first-order chi connectivity index (χ1) is 2.81. The lowest BCUT2D eigenvalue weighted by Gasteiger charge is -1.99. The van der Waals surface area contributed by atoms with Crippen LogP contribution in [-0.4, -0.2) is 13.4 Å². The Balaban J connectivity index is 2.75. The molecule has 0 fully saturated rings. The smallest absolute Gasteiger partial charge is 0.174 e. The van der Waals surface area contributed by atoms with Crippen molar-refractivity contribution in [2.45, 2.75) is 13.2 Å². The molecule has 0 rings (SSSR count). The van der Waals surface area contributed by atoms with Gasteiger partial charge in [0.1, 0.15) is 0 Å². The summed E-state index contributed by atoms with van der Waals surface area (Å²) < 4.78 is 8.69. The van der Waals surface area contributed by atoms with Crippen LogP contribution in [0.2, 0.25) is 0 Å². The summed E-state index contributed by atoms with van der Waals surface area (Å²) in [7, 11) is 1.52. The van der Waals surface area contributed by atoms with Crippen molar-refractivity contribution in [3.63, 3.8) is 0 Å². The minimum atomic E-state index is -0.299. The average molecular weight is 111 g/mol. The van der Waals surface area contributed by atoms with E-state index in [1.54, 1.807) is 6.92 Å². The second-order valence-electron chi connectivity index (χ2n) is 0.892. The molecule has 1 unspecified atom stereocenters. The van der Waals surface area contributed by atoms with Crippen LogP contribution in [0.1, 0.15) is 6.92 Å². The van der Waals surface area contributed by atoms with Gasteiger partial charge < -0.3 is 4.74 Å². The molecule has 0 amide bonds. The molecule has 2 nitrogen and oxygen atoms in total. The van der Waals surface area contributed by atoms with Crippen molar-refractivity contribution < 1.29 is 9.03 Å². The predicted octanol–water partition coefficient (Wildman–Crippen LogP) is 1.15. The van der Waals surface area contributed by atoms with E-state index in [0.29, 0.717) is 0 Å². The molecule has 0 bridgehead atoms. The second-order valence-corrected chi connectivity index (χ2v) is 1.07. The van der Waals surface area contributed by atoms with Gasteiger partial charge in [-0.3, -0.25) is 0 Å². The van der Waals surface area contributed by atoms with Crippen molar-refractivity contribution in [3.05, 3.63) is 0 Å². The number of methoxy groups -OCH3 is 1. The number of hydrogen-bond acceptors (Lipinski definition) is 2. The van der Waals surface area contributed by atoms with Gasteiger partial charge in [-0.2, -0.15) is 0 Å². The topological polar surface area (TPSA) is 18.5 Å². The van der Waals surface area contributed by atoms with Crippen LogP contribution < -0.4 is 0 Å². The largest absolute Gasteiger partial charge is 0.355 e. The molecule has 0 aliphatic carbocycles. The quantitative estimate of drug-likeness (QED) is 0.497. The molecule has 0 aromatic heterocycles. The first-order valence-electron chi connectivity index (χ1n) is 1.61. The van der Waals surface area contributed by atoms with E-state index >= 15 is 0 Å². The summed E-state index contributed by atoms with van der Waals surface area (Å²) in [5.41, 5.74) is 0. The summed E-state index contributed by atoms with van der Waals surface area (Å²) in [5.74, 6) is 0. The van der Waals surface area contributed by atoms with Crippen LogP contribution in [0.4, 0.5) is 0 Å².